The molecule has 2 N–H and O–H groups in total. The third-order valence-electron chi connectivity index (χ3n) is 5.15. The number of hydrogen-bond acceptors (Lipinski definition) is 5. The molecule has 0 saturated carbocycles. The van der Waals surface area contributed by atoms with E-state index >= 15 is 0 Å². The van der Waals surface area contributed by atoms with E-state index in [1.165, 1.54) is 4.90 Å². The highest BCUT2D eigenvalue weighted by Gasteiger charge is 2.18. The number of anilines is 2. The molecule has 7 heteroatoms. The Morgan fingerprint density at radius 2 is 1.77 bits per heavy atom. The van der Waals surface area contributed by atoms with Crippen LogP contribution in [0.4, 0.5) is 11.6 Å². The first-order chi connectivity index (χ1) is 14.6. The van der Waals surface area contributed by atoms with Crippen molar-refractivity contribution >= 4 is 34.2 Å². The van der Waals surface area contributed by atoms with E-state index in [4.69, 9.17) is 4.98 Å². The maximum absolute atomic E-state index is 12.6. The number of piperazine rings is 1. The van der Waals surface area contributed by atoms with Crippen LogP contribution in [0.1, 0.15) is 10.4 Å². The monoisotopic (exact) mass is 403 g/mol. The first kappa shape index (κ1) is 19.8. The third kappa shape index (κ3) is 4.41. The number of benzene rings is 2. The fourth-order valence-corrected chi connectivity index (χ4v) is 3.63. The van der Waals surface area contributed by atoms with Gasteiger partial charge in [0.2, 0.25) is 5.91 Å². The Labute approximate surface area is 175 Å². The number of carbonyl (C=O) groups excluding carboxylic acids is 2. The smallest absolute Gasteiger partial charge is 0.254 e. The van der Waals surface area contributed by atoms with Gasteiger partial charge < -0.3 is 20.4 Å². The molecule has 4 rings (SSSR count). The number of likely N-dealkylation sites (N-methyl/N-ethyl adjacent to an activating group) is 1. The van der Waals surface area contributed by atoms with E-state index in [9.17, 15) is 9.59 Å². The summed E-state index contributed by atoms with van der Waals surface area (Å²) in [6.07, 6.45) is 0. The molecule has 7 nitrogen and oxygen atoms in total. The lowest BCUT2D eigenvalue weighted by Crippen LogP contribution is -2.44. The summed E-state index contributed by atoms with van der Waals surface area (Å²) in [5.41, 5.74) is 0.553. The second-order valence-electron chi connectivity index (χ2n) is 7.36. The van der Waals surface area contributed by atoms with Gasteiger partial charge in [0.15, 0.2) is 0 Å². The molecule has 0 aliphatic carbocycles. The van der Waals surface area contributed by atoms with Gasteiger partial charge in [-0.1, -0.05) is 42.5 Å². The van der Waals surface area contributed by atoms with Crippen LogP contribution in [0.15, 0.2) is 60.7 Å². The van der Waals surface area contributed by atoms with Gasteiger partial charge >= 0.3 is 0 Å². The van der Waals surface area contributed by atoms with Crippen LogP contribution in [0.3, 0.4) is 0 Å². The van der Waals surface area contributed by atoms with Crippen LogP contribution < -0.4 is 15.5 Å². The minimum atomic E-state index is -0.282. The summed E-state index contributed by atoms with van der Waals surface area (Å²) in [5, 5.41) is 8.30. The van der Waals surface area contributed by atoms with Gasteiger partial charge in [-0.05, 0) is 23.6 Å². The van der Waals surface area contributed by atoms with E-state index in [1.54, 1.807) is 31.3 Å². The maximum atomic E-state index is 12.6. The van der Waals surface area contributed by atoms with Crippen molar-refractivity contribution in [3.05, 3.63) is 66.2 Å². The number of nitrogens with one attached hydrogen (secondary N) is 2. The summed E-state index contributed by atoms with van der Waals surface area (Å²) in [6.45, 7) is 3.48. The lowest BCUT2D eigenvalue weighted by Gasteiger charge is -2.29. The van der Waals surface area contributed by atoms with Crippen LogP contribution in [-0.2, 0) is 4.79 Å². The van der Waals surface area contributed by atoms with Gasteiger partial charge in [0, 0.05) is 44.2 Å². The number of nitrogens with zero attached hydrogens (tertiary/aromatic N) is 3. The lowest BCUT2D eigenvalue weighted by molar-refractivity contribution is -0.116. The van der Waals surface area contributed by atoms with Crippen LogP contribution in [-0.4, -0.2) is 61.5 Å². The Kier molecular flexibility index (Phi) is 5.90. The topological polar surface area (TPSA) is 77.6 Å². The molecule has 2 amide bonds. The van der Waals surface area contributed by atoms with Crippen molar-refractivity contribution in [2.75, 3.05) is 50.0 Å². The zero-order chi connectivity index (χ0) is 20.9. The third-order valence-corrected chi connectivity index (χ3v) is 5.15. The van der Waals surface area contributed by atoms with Crippen molar-refractivity contribution in [1.82, 2.24) is 15.2 Å². The molecule has 154 valence electrons. The van der Waals surface area contributed by atoms with E-state index in [2.05, 4.69) is 21.6 Å². The van der Waals surface area contributed by atoms with Gasteiger partial charge in [-0.2, -0.15) is 0 Å². The Morgan fingerprint density at radius 1 is 1.07 bits per heavy atom. The molecule has 0 radical (unpaired) electrons. The fourth-order valence-electron chi connectivity index (χ4n) is 3.63. The van der Waals surface area contributed by atoms with Crippen molar-refractivity contribution in [2.24, 2.45) is 0 Å². The molecular weight excluding hydrogens is 378 g/mol. The van der Waals surface area contributed by atoms with Crippen LogP contribution in [0, 0.1) is 0 Å². The molecule has 0 spiro atoms. The van der Waals surface area contributed by atoms with E-state index in [0.29, 0.717) is 11.4 Å². The van der Waals surface area contributed by atoms with Gasteiger partial charge in [0.05, 0.1) is 6.54 Å². The largest absolute Gasteiger partial charge is 0.353 e. The van der Waals surface area contributed by atoms with E-state index < -0.39 is 0 Å². The zero-order valence-corrected chi connectivity index (χ0v) is 17.0. The highest BCUT2D eigenvalue weighted by Crippen LogP contribution is 2.28. The van der Waals surface area contributed by atoms with Crippen molar-refractivity contribution in [1.29, 1.82) is 0 Å². The summed E-state index contributed by atoms with van der Waals surface area (Å²) in [5.74, 6) is 0.890. The number of hydrogen-bond donors (Lipinski definition) is 2. The second-order valence-corrected chi connectivity index (χ2v) is 7.36. The average molecular weight is 403 g/mol. The van der Waals surface area contributed by atoms with Crippen molar-refractivity contribution in [2.45, 2.75) is 0 Å². The molecule has 0 unspecified atom stereocenters. The molecule has 30 heavy (non-hydrogen) atoms. The van der Waals surface area contributed by atoms with E-state index in [0.717, 1.165) is 42.8 Å². The molecule has 2 aromatic carbocycles. The Bertz CT molecular complexity index is 1050. The van der Waals surface area contributed by atoms with Gasteiger partial charge in [0.25, 0.3) is 5.91 Å². The molecule has 1 aliphatic rings. The fraction of sp³-hybridized carbons (Fsp3) is 0.261. The van der Waals surface area contributed by atoms with Crippen molar-refractivity contribution in [3.63, 3.8) is 0 Å². The molecule has 1 saturated heterocycles. The van der Waals surface area contributed by atoms with Gasteiger partial charge in [-0.15, -0.1) is 0 Å². The second kappa shape index (κ2) is 8.92. The number of aromatic nitrogens is 1. The number of rotatable bonds is 5. The summed E-state index contributed by atoms with van der Waals surface area (Å²) >= 11 is 0. The zero-order valence-electron chi connectivity index (χ0n) is 17.0. The van der Waals surface area contributed by atoms with Gasteiger partial charge in [-0.3, -0.25) is 9.59 Å². The highest BCUT2D eigenvalue weighted by molar-refractivity contribution is 6.01. The minimum absolute atomic E-state index is 0.0504. The Morgan fingerprint density at radius 3 is 2.53 bits per heavy atom. The molecule has 1 aliphatic heterocycles. The first-order valence-electron chi connectivity index (χ1n) is 10.1. The average Bonchev–Trinajstić information content (AvgIpc) is 2.79. The number of carbonyl (C=O) groups is 2. The Balaban J connectivity index is 1.51. The summed E-state index contributed by atoms with van der Waals surface area (Å²) in [6, 6.07) is 18.8. The van der Waals surface area contributed by atoms with Crippen molar-refractivity contribution in [3.8, 4) is 0 Å². The van der Waals surface area contributed by atoms with Crippen LogP contribution in [0.2, 0.25) is 0 Å². The number of fused-ring (bicyclic) bond motifs is 1. The molecule has 1 fully saturated rings. The van der Waals surface area contributed by atoms with Crippen LogP contribution >= 0.6 is 0 Å². The lowest BCUT2D eigenvalue weighted by atomic mass is 10.1. The summed E-state index contributed by atoms with van der Waals surface area (Å²) < 4.78 is 0. The minimum Gasteiger partial charge on any atom is -0.353 e. The maximum Gasteiger partial charge on any atom is 0.254 e. The number of pyridine rings is 1. The van der Waals surface area contributed by atoms with Gasteiger partial charge in [0.1, 0.15) is 11.6 Å². The summed E-state index contributed by atoms with van der Waals surface area (Å²) in [7, 11) is 1.62. The molecule has 1 aromatic heterocycles. The Hall–Kier alpha value is -3.45. The predicted octanol–water partition coefficient (Wildman–Crippen LogP) is 2.36. The normalized spacial score (nSPS) is 13.8. The highest BCUT2D eigenvalue weighted by atomic mass is 16.2. The predicted molar refractivity (Wildman–Crippen MR) is 119 cm³/mol. The SMILES string of the molecule is CN(CC(=O)Nc1cc2ccccc2c(N2CCNCC2)n1)C(=O)c1ccccc1. The molecule has 0 atom stereocenters. The quantitative estimate of drug-likeness (QED) is 0.684. The van der Waals surface area contributed by atoms with Crippen molar-refractivity contribution < 1.29 is 9.59 Å². The van der Waals surface area contributed by atoms with Crippen LogP contribution in [0.25, 0.3) is 10.8 Å². The number of amides is 2. The molecular formula is C23H25N5O2. The first-order valence-corrected chi connectivity index (χ1v) is 10.1. The van der Waals surface area contributed by atoms with E-state index in [-0.39, 0.29) is 18.4 Å². The van der Waals surface area contributed by atoms with Crippen LogP contribution in [0.5, 0.6) is 0 Å². The van der Waals surface area contributed by atoms with Gasteiger partial charge in [-0.25, -0.2) is 4.98 Å². The molecule has 2 heterocycles. The standard InChI is InChI=1S/C23H25N5O2/c1-27(23(30)17-7-3-2-4-8-17)16-21(29)25-20-15-18-9-5-6-10-19(18)22(26-20)28-13-11-24-12-14-28/h2-10,15,24H,11-14,16H2,1H3,(H,25,26,29). The summed E-state index contributed by atoms with van der Waals surface area (Å²) in [4.78, 5) is 33.5. The van der Waals surface area contributed by atoms with E-state index in [1.807, 2.05) is 30.3 Å². The molecule has 0 bridgehead atoms. The molecule has 3 aromatic rings.